The van der Waals surface area contributed by atoms with Crippen molar-refractivity contribution in [2.75, 3.05) is 0 Å². The van der Waals surface area contributed by atoms with Gasteiger partial charge in [0.25, 0.3) is 0 Å². The molecule has 3 nitrogen and oxygen atoms in total. The molecule has 0 saturated carbocycles. The Balaban J connectivity index is 4.87. The lowest BCUT2D eigenvalue weighted by atomic mass is 9.98. The van der Waals surface area contributed by atoms with Crippen LogP contribution in [0.25, 0.3) is 0 Å². The van der Waals surface area contributed by atoms with Gasteiger partial charge in [0.2, 0.25) is 5.91 Å². The third-order valence-electron chi connectivity index (χ3n) is 1.48. The first-order valence-corrected chi connectivity index (χ1v) is 3.51. The molecule has 0 aromatic heterocycles. The molecule has 0 spiro atoms. The second-order valence-electron chi connectivity index (χ2n) is 2.76. The minimum atomic E-state index is -0.430. The molecule has 1 amide bonds. The zero-order chi connectivity index (χ0) is 9.02. The highest BCUT2D eigenvalue weighted by Crippen LogP contribution is 2.12. The van der Waals surface area contributed by atoms with Gasteiger partial charge >= 0.3 is 0 Å². The molecular weight excluding hydrogens is 140 g/mol. The fraction of sp³-hybridized carbons (Fsp3) is 0.500. The van der Waals surface area contributed by atoms with Gasteiger partial charge < -0.3 is 11.1 Å². The molecule has 0 bridgehead atoms. The number of allylic oxidation sites excluding steroid dienone is 1. The second kappa shape index (κ2) is 3.91. The Labute approximate surface area is 66.8 Å². The molecule has 0 aromatic carbocycles. The van der Waals surface area contributed by atoms with E-state index in [9.17, 15) is 4.79 Å². The first-order chi connectivity index (χ1) is 5.00. The minimum absolute atomic E-state index is 0.0918. The molecule has 0 saturated heterocycles. The van der Waals surface area contributed by atoms with Gasteiger partial charge in [-0.15, -0.1) is 0 Å². The van der Waals surface area contributed by atoms with Crippen molar-refractivity contribution in [1.82, 2.24) is 0 Å². The quantitative estimate of drug-likeness (QED) is 0.464. The third-order valence-corrected chi connectivity index (χ3v) is 1.48. The number of hydrogen-bond donors (Lipinski definition) is 2. The number of nitrogens with two attached hydrogens (primary N) is 1. The van der Waals surface area contributed by atoms with Crippen LogP contribution >= 0.6 is 0 Å². The van der Waals surface area contributed by atoms with Crippen LogP contribution in [0, 0.1) is 11.3 Å². The van der Waals surface area contributed by atoms with Crippen molar-refractivity contribution in [2.45, 2.75) is 20.8 Å². The van der Waals surface area contributed by atoms with E-state index in [1.807, 2.05) is 13.8 Å². The van der Waals surface area contributed by atoms with Gasteiger partial charge in [0.05, 0.1) is 0 Å². The van der Waals surface area contributed by atoms with Crippen molar-refractivity contribution < 1.29 is 4.79 Å². The lowest BCUT2D eigenvalue weighted by Crippen LogP contribution is -2.19. The molecule has 0 unspecified atom stereocenters. The summed E-state index contributed by atoms with van der Waals surface area (Å²) in [7, 11) is 0. The van der Waals surface area contributed by atoms with E-state index in [-0.39, 0.29) is 5.92 Å². The van der Waals surface area contributed by atoms with Gasteiger partial charge in [-0.2, -0.15) is 0 Å². The Bertz CT molecular complexity index is 204. The van der Waals surface area contributed by atoms with Gasteiger partial charge in [0.15, 0.2) is 0 Å². The van der Waals surface area contributed by atoms with Crippen molar-refractivity contribution in [3.63, 3.8) is 0 Å². The summed E-state index contributed by atoms with van der Waals surface area (Å²) in [5.74, 6) is -0.338. The van der Waals surface area contributed by atoms with E-state index in [1.165, 1.54) is 0 Å². The van der Waals surface area contributed by atoms with E-state index >= 15 is 0 Å². The van der Waals surface area contributed by atoms with Crippen LogP contribution in [0.4, 0.5) is 0 Å². The summed E-state index contributed by atoms with van der Waals surface area (Å²) in [5.41, 5.74) is 6.30. The number of rotatable bonds is 3. The van der Waals surface area contributed by atoms with E-state index in [4.69, 9.17) is 11.1 Å². The molecule has 0 radical (unpaired) electrons. The van der Waals surface area contributed by atoms with Gasteiger partial charge in [-0.3, -0.25) is 4.79 Å². The highest BCUT2D eigenvalue weighted by molar-refractivity contribution is 5.98. The van der Waals surface area contributed by atoms with Gasteiger partial charge in [0.1, 0.15) is 0 Å². The van der Waals surface area contributed by atoms with Gasteiger partial charge in [-0.1, -0.05) is 13.8 Å². The maximum absolute atomic E-state index is 10.8. The predicted molar refractivity (Wildman–Crippen MR) is 45.5 cm³/mol. The summed E-state index contributed by atoms with van der Waals surface area (Å²) in [6.07, 6.45) is 1.15. The highest BCUT2D eigenvalue weighted by atomic mass is 16.1. The van der Waals surface area contributed by atoms with Crippen LogP contribution in [-0.2, 0) is 4.79 Å². The molecule has 0 heterocycles. The Kier molecular flexibility index (Phi) is 3.51. The Morgan fingerprint density at radius 1 is 1.55 bits per heavy atom. The summed E-state index contributed by atoms with van der Waals surface area (Å²) in [6, 6.07) is 0. The van der Waals surface area contributed by atoms with Crippen molar-refractivity contribution in [3.05, 3.63) is 11.1 Å². The van der Waals surface area contributed by atoms with Gasteiger partial charge in [-0.25, -0.2) is 0 Å². The summed E-state index contributed by atoms with van der Waals surface area (Å²) in [4.78, 5) is 10.8. The van der Waals surface area contributed by atoms with Crippen LogP contribution in [0.5, 0.6) is 0 Å². The molecule has 62 valence electrons. The minimum Gasteiger partial charge on any atom is -0.366 e. The van der Waals surface area contributed by atoms with Gasteiger partial charge in [-0.05, 0) is 18.4 Å². The largest absolute Gasteiger partial charge is 0.366 e. The van der Waals surface area contributed by atoms with E-state index in [1.54, 1.807) is 6.92 Å². The standard InChI is InChI=1S/C8H14N2O/c1-5(2)7(8(10)11)6(3)4-9/h4-5,9H,1-3H3,(H2,10,11)/b7-6-,9-4?. The maximum Gasteiger partial charge on any atom is 0.245 e. The maximum atomic E-state index is 10.8. The number of nitrogens with one attached hydrogen (secondary N) is 1. The normalized spacial score (nSPS) is 12.7. The molecule has 0 aliphatic heterocycles. The van der Waals surface area contributed by atoms with E-state index < -0.39 is 5.91 Å². The number of amides is 1. The van der Waals surface area contributed by atoms with Crippen LogP contribution in [0.1, 0.15) is 20.8 Å². The molecule has 0 aromatic rings. The SMILES string of the molecule is C/C(C=N)=C(/C(N)=O)C(C)C. The number of primary amides is 1. The van der Waals surface area contributed by atoms with E-state index in [2.05, 4.69) is 0 Å². The molecule has 0 fully saturated rings. The van der Waals surface area contributed by atoms with Crippen molar-refractivity contribution in [1.29, 1.82) is 5.41 Å². The van der Waals surface area contributed by atoms with E-state index in [0.29, 0.717) is 11.1 Å². The Morgan fingerprint density at radius 2 is 2.00 bits per heavy atom. The molecule has 0 aliphatic carbocycles. The zero-order valence-corrected chi connectivity index (χ0v) is 7.14. The average molecular weight is 154 g/mol. The monoisotopic (exact) mass is 154 g/mol. The summed E-state index contributed by atoms with van der Waals surface area (Å²) in [5, 5.41) is 6.94. The molecule has 0 rings (SSSR count). The fourth-order valence-corrected chi connectivity index (χ4v) is 1.01. The van der Waals surface area contributed by atoms with Crippen LogP contribution in [0.15, 0.2) is 11.1 Å². The predicted octanol–water partition coefficient (Wildman–Crippen LogP) is 1.09. The van der Waals surface area contributed by atoms with Crippen LogP contribution < -0.4 is 5.73 Å². The van der Waals surface area contributed by atoms with Crippen molar-refractivity contribution in [2.24, 2.45) is 11.7 Å². The molecule has 11 heavy (non-hydrogen) atoms. The Morgan fingerprint density at radius 3 is 2.09 bits per heavy atom. The molecular formula is C8H14N2O. The lowest BCUT2D eigenvalue weighted by molar-refractivity contribution is -0.115. The summed E-state index contributed by atoms with van der Waals surface area (Å²) >= 11 is 0. The van der Waals surface area contributed by atoms with Crippen molar-refractivity contribution >= 4 is 12.1 Å². The second-order valence-corrected chi connectivity index (χ2v) is 2.76. The first kappa shape index (κ1) is 9.88. The Hall–Kier alpha value is -1.12. The molecule has 3 heteroatoms. The van der Waals surface area contributed by atoms with Crippen molar-refractivity contribution in [3.8, 4) is 0 Å². The van der Waals surface area contributed by atoms with E-state index in [0.717, 1.165) is 6.21 Å². The van der Waals surface area contributed by atoms with Crippen LogP contribution in [-0.4, -0.2) is 12.1 Å². The number of carbonyl (C=O) groups is 1. The zero-order valence-electron chi connectivity index (χ0n) is 7.14. The lowest BCUT2D eigenvalue weighted by Gasteiger charge is -2.08. The molecule has 0 atom stereocenters. The smallest absolute Gasteiger partial charge is 0.245 e. The van der Waals surface area contributed by atoms with Gasteiger partial charge in [0, 0.05) is 11.8 Å². The number of carbonyl (C=O) groups excluding carboxylic acids is 1. The molecule has 3 N–H and O–H groups in total. The van der Waals surface area contributed by atoms with Crippen LogP contribution in [0.2, 0.25) is 0 Å². The average Bonchev–Trinajstić information content (AvgIpc) is 1.85. The number of hydrogen-bond acceptors (Lipinski definition) is 2. The fourth-order valence-electron chi connectivity index (χ4n) is 1.01. The summed E-state index contributed by atoms with van der Waals surface area (Å²) < 4.78 is 0. The van der Waals surface area contributed by atoms with Crippen LogP contribution in [0.3, 0.4) is 0 Å². The molecule has 0 aliphatic rings. The summed E-state index contributed by atoms with van der Waals surface area (Å²) in [6.45, 7) is 5.48. The first-order valence-electron chi connectivity index (χ1n) is 3.51. The highest BCUT2D eigenvalue weighted by Gasteiger charge is 2.11. The third kappa shape index (κ3) is 2.53. The topological polar surface area (TPSA) is 66.9 Å².